The van der Waals surface area contributed by atoms with E-state index in [9.17, 15) is 4.79 Å². The Bertz CT molecular complexity index is 351. The van der Waals surface area contributed by atoms with Crippen molar-refractivity contribution in [2.24, 2.45) is 0 Å². The molecular formula is C10H11ClO4. The second kappa shape index (κ2) is 5.58. The number of halogens is 1. The van der Waals surface area contributed by atoms with Gasteiger partial charge in [0.2, 0.25) is 0 Å². The van der Waals surface area contributed by atoms with Crippen LogP contribution in [-0.4, -0.2) is 24.8 Å². The largest absolute Gasteiger partial charge is 0.480 e. The molecule has 1 rings (SSSR count). The number of ether oxygens (including phenoxy) is 2. The molecule has 1 aromatic rings. The van der Waals surface area contributed by atoms with Crippen LogP contribution in [0.25, 0.3) is 0 Å². The van der Waals surface area contributed by atoms with E-state index in [-0.39, 0.29) is 13.2 Å². The molecule has 0 saturated heterocycles. The molecule has 0 fully saturated rings. The topological polar surface area (TPSA) is 55.8 Å². The summed E-state index contributed by atoms with van der Waals surface area (Å²) in [4.78, 5) is 10.8. The predicted molar refractivity (Wildman–Crippen MR) is 54.9 cm³/mol. The molecule has 0 atom stereocenters. The van der Waals surface area contributed by atoms with Gasteiger partial charge in [0.1, 0.15) is 5.75 Å². The highest BCUT2D eigenvalue weighted by atomic mass is 35.5. The molecule has 0 radical (unpaired) electrons. The molecule has 0 aromatic heterocycles. The molecule has 1 aromatic carbocycles. The third-order valence-corrected chi connectivity index (χ3v) is 2.22. The van der Waals surface area contributed by atoms with E-state index in [4.69, 9.17) is 21.4 Å². The van der Waals surface area contributed by atoms with Crippen molar-refractivity contribution >= 4 is 17.6 Å². The van der Waals surface area contributed by atoms with Crippen molar-refractivity contribution in [3.05, 3.63) is 28.8 Å². The van der Waals surface area contributed by atoms with Gasteiger partial charge in [-0.1, -0.05) is 23.7 Å². The quantitative estimate of drug-likeness (QED) is 0.794. The number of carbonyl (C=O) groups is 1. The van der Waals surface area contributed by atoms with Gasteiger partial charge in [0.15, 0.2) is 6.61 Å². The molecule has 0 spiro atoms. The molecule has 0 aliphatic rings. The summed E-state index contributed by atoms with van der Waals surface area (Å²) >= 11 is 5.90. The highest BCUT2D eigenvalue weighted by Crippen LogP contribution is 2.27. The summed E-state index contributed by atoms with van der Waals surface area (Å²) in [6.07, 6.45) is 0. The summed E-state index contributed by atoms with van der Waals surface area (Å²) in [6, 6.07) is 4.97. The lowest BCUT2D eigenvalue weighted by Gasteiger charge is -2.08. The number of rotatable bonds is 4. The number of hydrogen-bond acceptors (Lipinski definition) is 4. The fourth-order valence-electron chi connectivity index (χ4n) is 0.985. The van der Waals surface area contributed by atoms with Gasteiger partial charge in [0, 0.05) is 0 Å². The van der Waals surface area contributed by atoms with Crippen LogP contribution in [0.5, 0.6) is 5.75 Å². The lowest BCUT2D eigenvalue weighted by molar-refractivity contribution is -0.142. The van der Waals surface area contributed by atoms with Gasteiger partial charge < -0.3 is 14.6 Å². The summed E-state index contributed by atoms with van der Waals surface area (Å²) in [6.45, 7) is -0.376. The summed E-state index contributed by atoms with van der Waals surface area (Å²) in [5, 5.41) is 9.24. The van der Waals surface area contributed by atoms with Crippen LogP contribution >= 0.6 is 11.6 Å². The first-order valence-electron chi connectivity index (χ1n) is 4.27. The molecule has 0 heterocycles. The molecule has 4 nitrogen and oxygen atoms in total. The average Bonchev–Trinajstić information content (AvgIpc) is 2.27. The van der Waals surface area contributed by atoms with Crippen molar-refractivity contribution in [2.75, 3.05) is 13.7 Å². The van der Waals surface area contributed by atoms with Crippen molar-refractivity contribution in [1.29, 1.82) is 0 Å². The molecule has 5 heteroatoms. The Balaban J connectivity index is 2.73. The standard InChI is InChI=1S/C10H11ClO4/c1-14-9(13)6-15-8-4-2-3-7(5-12)10(8)11/h2-4,12H,5-6H2,1H3. The zero-order valence-electron chi connectivity index (χ0n) is 8.20. The Labute approximate surface area is 92.4 Å². The molecule has 0 aliphatic heterocycles. The first-order chi connectivity index (χ1) is 7.19. The number of hydrogen-bond donors (Lipinski definition) is 1. The van der Waals surface area contributed by atoms with Crippen molar-refractivity contribution in [3.8, 4) is 5.75 Å². The van der Waals surface area contributed by atoms with E-state index in [1.54, 1.807) is 18.2 Å². The Kier molecular flexibility index (Phi) is 4.39. The summed E-state index contributed by atoms with van der Waals surface area (Å²) in [7, 11) is 1.28. The van der Waals surface area contributed by atoms with Gasteiger partial charge in [0.05, 0.1) is 18.7 Å². The summed E-state index contributed by atoms with van der Waals surface area (Å²) in [5.41, 5.74) is 0.555. The Morgan fingerprint density at radius 3 is 2.87 bits per heavy atom. The third kappa shape index (κ3) is 3.11. The van der Waals surface area contributed by atoms with Crippen LogP contribution in [-0.2, 0) is 16.1 Å². The first kappa shape index (κ1) is 11.8. The molecule has 0 amide bonds. The van der Waals surface area contributed by atoms with E-state index in [0.29, 0.717) is 16.3 Å². The zero-order valence-corrected chi connectivity index (χ0v) is 8.95. The lowest BCUT2D eigenvalue weighted by Crippen LogP contribution is -2.12. The number of methoxy groups -OCH3 is 1. The maximum atomic E-state index is 10.8. The second-order valence-corrected chi connectivity index (χ2v) is 3.13. The van der Waals surface area contributed by atoms with Gasteiger partial charge in [-0.25, -0.2) is 4.79 Å². The molecular weight excluding hydrogens is 220 g/mol. The lowest BCUT2D eigenvalue weighted by atomic mass is 10.2. The van der Waals surface area contributed by atoms with Gasteiger partial charge in [-0.05, 0) is 11.6 Å². The summed E-state index contributed by atoms with van der Waals surface area (Å²) < 4.78 is 9.53. The highest BCUT2D eigenvalue weighted by Gasteiger charge is 2.08. The van der Waals surface area contributed by atoms with Crippen LogP contribution in [0.3, 0.4) is 0 Å². The van der Waals surface area contributed by atoms with Crippen molar-refractivity contribution < 1.29 is 19.4 Å². The monoisotopic (exact) mass is 230 g/mol. The Morgan fingerprint density at radius 1 is 1.53 bits per heavy atom. The molecule has 0 bridgehead atoms. The number of carbonyl (C=O) groups excluding carboxylic acids is 1. The van der Waals surface area contributed by atoms with Crippen LogP contribution < -0.4 is 4.74 Å². The minimum atomic E-state index is -0.486. The molecule has 82 valence electrons. The normalized spacial score (nSPS) is 9.80. The van der Waals surface area contributed by atoms with Gasteiger partial charge in [-0.15, -0.1) is 0 Å². The second-order valence-electron chi connectivity index (χ2n) is 2.75. The van der Waals surface area contributed by atoms with Gasteiger partial charge >= 0.3 is 5.97 Å². The van der Waals surface area contributed by atoms with Crippen molar-refractivity contribution in [3.63, 3.8) is 0 Å². The maximum Gasteiger partial charge on any atom is 0.343 e. The van der Waals surface area contributed by atoms with Gasteiger partial charge in [0.25, 0.3) is 0 Å². The smallest absolute Gasteiger partial charge is 0.343 e. The van der Waals surface area contributed by atoms with E-state index in [0.717, 1.165) is 0 Å². The molecule has 15 heavy (non-hydrogen) atoms. The predicted octanol–water partition coefficient (Wildman–Crippen LogP) is 1.38. The van der Waals surface area contributed by atoms with Crippen LogP contribution in [0.15, 0.2) is 18.2 Å². The van der Waals surface area contributed by atoms with Crippen LogP contribution in [0.2, 0.25) is 5.02 Å². The van der Waals surface area contributed by atoms with Crippen LogP contribution in [0.4, 0.5) is 0 Å². The zero-order chi connectivity index (χ0) is 11.3. The van der Waals surface area contributed by atoms with Crippen molar-refractivity contribution in [1.82, 2.24) is 0 Å². The number of aliphatic hydroxyl groups excluding tert-OH is 1. The van der Waals surface area contributed by atoms with Gasteiger partial charge in [-0.3, -0.25) is 0 Å². The van der Waals surface area contributed by atoms with E-state index >= 15 is 0 Å². The maximum absolute atomic E-state index is 10.8. The van der Waals surface area contributed by atoms with Crippen molar-refractivity contribution in [2.45, 2.75) is 6.61 Å². The third-order valence-electron chi connectivity index (χ3n) is 1.79. The molecule has 0 aliphatic carbocycles. The fourth-order valence-corrected chi connectivity index (χ4v) is 1.23. The molecule has 0 saturated carbocycles. The Morgan fingerprint density at radius 2 is 2.27 bits per heavy atom. The SMILES string of the molecule is COC(=O)COc1cccc(CO)c1Cl. The number of aliphatic hydroxyl groups is 1. The highest BCUT2D eigenvalue weighted by molar-refractivity contribution is 6.32. The van der Waals surface area contributed by atoms with E-state index in [1.807, 2.05) is 0 Å². The molecule has 1 N–H and O–H groups in total. The van der Waals surface area contributed by atoms with Gasteiger partial charge in [-0.2, -0.15) is 0 Å². The van der Waals surface area contributed by atoms with E-state index < -0.39 is 5.97 Å². The minimum Gasteiger partial charge on any atom is -0.480 e. The first-order valence-corrected chi connectivity index (χ1v) is 4.64. The minimum absolute atomic E-state index is 0.172. The molecule has 0 unspecified atom stereocenters. The van der Waals surface area contributed by atoms with Crippen LogP contribution in [0, 0.1) is 0 Å². The fraction of sp³-hybridized carbons (Fsp3) is 0.300. The van der Waals surface area contributed by atoms with E-state index in [1.165, 1.54) is 7.11 Å². The number of esters is 1. The summed E-state index contributed by atoms with van der Waals surface area (Å²) in [5.74, 6) is -0.130. The Hall–Kier alpha value is -1.26. The van der Waals surface area contributed by atoms with E-state index in [2.05, 4.69) is 4.74 Å². The van der Waals surface area contributed by atoms with Crippen LogP contribution in [0.1, 0.15) is 5.56 Å². The number of benzene rings is 1. The average molecular weight is 231 g/mol.